The Morgan fingerprint density at radius 3 is 2.85 bits per heavy atom. The van der Waals surface area contributed by atoms with Gasteiger partial charge in [-0.05, 0) is 50.0 Å². The monoisotopic (exact) mass is 370 g/mol. The lowest BCUT2D eigenvalue weighted by Gasteiger charge is -2.40. The number of carboxylic acid groups (broad SMARTS) is 1. The highest BCUT2D eigenvalue weighted by molar-refractivity contribution is 7.16. The number of hydrogen-bond donors (Lipinski definition) is 3. The van der Waals surface area contributed by atoms with Crippen LogP contribution >= 0.6 is 11.3 Å². The number of thiophene rings is 1. The van der Waals surface area contributed by atoms with Crippen LogP contribution in [0.1, 0.15) is 23.3 Å². The van der Waals surface area contributed by atoms with Gasteiger partial charge in [0.2, 0.25) is 0 Å². The average Bonchev–Trinajstić information content (AvgIpc) is 3.30. The number of benzene rings is 1. The number of para-hydroxylation sites is 1. The van der Waals surface area contributed by atoms with E-state index in [9.17, 15) is 0 Å². The number of H-pyrrole nitrogens is 1. The molecule has 2 aromatic heterocycles. The highest BCUT2D eigenvalue weighted by atomic mass is 32.1. The van der Waals surface area contributed by atoms with Gasteiger partial charge in [-0.15, -0.1) is 11.3 Å². The van der Waals surface area contributed by atoms with E-state index in [-0.39, 0.29) is 12.1 Å². The summed E-state index contributed by atoms with van der Waals surface area (Å²) < 4.78 is 6.32. The van der Waals surface area contributed by atoms with Crippen LogP contribution in [-0.2, 0) is 21.6 Å². The molecule has 26 heavy (non-hydrogen) atoms. The molecule has 0 saturated carbocycles. The van der Waals surface area contributed by atoms with E-state index >= 15 is 0 Å². The smallest absolute Gasteiger partial charge is 0.290 e. The molecule has 1 spiro atoms. The van der Waals surface area contributed by atoms with Crippen LogP contribution in [0.2, 0.25) is 0 Å². The van der Waals surface area contributed by atoms with Crippen molar-refractivity contribution in [3.63, 3.8) is 0 Å². The predicted octanol–water partition coefficient (Wildman–Crippen LogP) is 3.75. The van der Waals surface area contributed by atoms with Crippen LogP contribution in [-0.4, -0.2) is 36.3 Å². The van der Waals surface area contributed by atoms with Crippen LogP contribution in [0.25, 0.3) is 21.3 Å². The zero-order valence-corrected chi connectivity index (χ0v) is 15.3. The van der Waals surface area contributed by atoms with Crippen LogP contribution in [0, 0.1) is 0 Å². The molecule has 1 saturated heterocycles. The van der Waals surface area contributed by atoms with E-state index < -0.39 is 0 Å². The van der Waals surface area contributed by atoms with Crippen LogP contribution < -0.4 is 5.32 Å². The lowest BCUT2D eigenvalue weighted by atomic mass is 9.86. The first kappa shape index (κ1) is 17.3. The molecule has 0 radical (unpaired) electrons. The van der Waals surface area contributed by atoms with Crippen molar-refractivity contribution in [3.05, 3.63) is 47.0 Å². The van der Waals surface area contributed by atoms with Crippen LogP contribution in [0.4, 0.5) is 0 Å². The molecular weight excluding hydrogens is 348 g/mol. The van der Waals surface area contributed by atoms with Crippen molar-refractivity contribution in [2.75, 3.05) is 19.7 Å². The number of rotatable bonds is 1. The van der Waals surface area contributed by atoms with Gasteiger partial charge in [0.25, 0.3) is 6.47 Å². The number of fused-ring (bicyclic) bond motifs is 3. The summed E-state index contributed by atoms with van der Waals surface area (Å²) in [4.78, 5) is 14.6. The van der Waals surface area contributed by atoms with Crippen molar-refractivity contribution in [2.45, 2.75) is 24.9 Å². The van der Waals surface area contributed by atoms with E-state index in [0.717, 1.165) is 39.0 Å². The van der Waals surface area contributed by atoms with Gasteiger partial charge in [-0.25, -0.2) is 0 Å². The van der Waals surface area contributed by atoms with Crippen molar-refractivity contribution < 1.29 is 14.6 Å². The van der Waals surface area contributed by atoms with E-state index in [1.54, 1.807) is 0 Å². The topological polar surface area (TPSA) is 74.3 Å². The molecule has 3 aromatic rings. The number of hydrogen-bond acceptors (Lipinski definition) is 4. The molecule has 5 rings (SSSR count). The lowest BCUT2D eigenvalue weighted by molar-refractivity contribution is -0.122. The first-order valence-corrected chi connectivity index (χ1v) is 9.71. The third-order valence-electron chi connectivity index (χ3n) is 5.24. The number of aromatic nitrogens is 1. The maximum absolute atomic E-state index is 8.36. The molecule has 6 heteroatoms. The molecule has 0 atom stereocenters. The highest BCUT2D eigenvalue weighted by Crippen LogP contribution is 2.47. The van der Waals surface area contributed by atoms with Gasteiger partial charge in [0, 0.05) is 26.9 Å². The second-order valence-corrected chi connectivity index (χ2v) is 7.71. The normalized spacial score (nSPS) is 18.2. The Kier molecular flexibility index (Phi) is 4.80. The standard InChI is InChI=1S/C19H20N2OS.CH2O2/c1-2-13-4-8-21-17(13)15(3-1)16-12-14-5-11-22-19(18(14)23-16)6-9-20-10-7-19;2-1-3/h1-4,8,12,20-21H,5-7,9-11H2;1H,(H,2,3). The molecule has 0 aliphatic carbocycles. The molecule has 3 N–H and O–H groups in total. The Hall–Kier alpha value is -2.15. The van der Waals surface area contributed by atoms with E-state index in [4.69, 9.17) is 14.6 Å². The molecule has 5 nitrogen and oxygen atoms in total. The maximum Gasteiger partial charge on any atom is 0.290 e. The molecule has 0 bridgehead atoms. The summed E-state index contributed by atoms with van der Waals surface area (Å²) in [7, 11) is 0. The van der Waals surface area contributed by atoms with Gasteiger partial charge in [-0.1, -0.05) is 18.2 Å². The van der Waals surface area contributed by atoms with Crippen LogP contribution in [0.5, 0.6) is 0 Å². The fourth-order valence-corrected chi connectivity index (χ4v) is 5.49. The van der Waals surface area contributed by atoms with Crippen molar-refractivity contribution in [2.24, 2.45) is 0 Å². The van der Waals surface area contributed by atoms with Crippen molar-refractivity contribution in [3.8, 4) is 10.4 Å². The Morgan fingerprint density at radius 2 is 2.04 bits per heavy atom. The van der Waals surface area contributed by atoms with Crippen LogP contribution in [0.3, 0.4) is 0 Å². The molecule has 2 aliphatic rings. The third kappa shape index (κ3) is 2.94. The van der Waals surface area contributed by atoms with Gasteiger partial charge in [0.15, 0.2) is 0 Å². The first-order chi connectivity index (χ1) is 12.8. The van der Waals surface area contributed by atoms with Crippen molar-refractivity contribution in [1.29, 1.82) is 0 Å². The minimum absolute atomic E-state index is 0.0363. The predicted molar refractivity (Wildman–Crippen MR) is 104 cm³/mol. The van der Waals surface area contributed by atoms with Gasteiger partial charge < -0.3 is 20.1 Å². The highest BCUT2D eigenvalue weighted by Gasteiger charge is 2.40. The van der Waals surface area contributed by atoms with Gasteiger partial charge in [-0.3, -0.25) is 4.79 Å². The fraction of sp³-hybridized carbons (Fsp3) is 0.350. The zero-order chi connectivity index (χ0) is 18.0. The molecule has 136 valence electrons. The Labute approximate surface area is 156 Å². The number of carbonyl (C=O) groups is 1. The second-order valence-electron chi connectivity index (χ2n) is 6.66. The summed E-state index contributed by atoms with van der Waals surface area (Å²) in [5.41, 5.74) is 4.02. The number of ether oxygens (including phenoxy) is 1. The second kappa shape index (κ2) is 7.23. The number of piperidine rings is 1. The quantitative estimate of drug-likeness (QED) is 0.571. The summed E-state index contributed by atoms with van der Waals surface area (Å²) in [6.45, 7) is 2.72. The van der Waals surface area contributed by atoms with Gasteiger partial charge >= 0.3 is 0 Å². The summed E-state index contributed by atoms with van der Waals surface area (Å²) >= 11 is 1.94. The molecule has 0 amide bonds. The molecule has 4 heterocycles. The Balaban J connectivity index is 0.000000527. The van der Waals surface area contributed by atoms with Crippen LogP contribution in [0.15, 0.2) is 36.5 Å². The minimum atomic E-state index is -0.250. The number of aromatic amines is 1. The first-order valence-electron chi connectivity index (χ1n) is 8.89. The van der Waals surface area contributed by atoms with Gasteiger partial charge in [0.05, 0.1) is 12.1 Å². The van der Waals surface area contributed by atoms with Crippen molar-refractivity contribution in [1.82, 2.24) is 10.3 Å². The largest absolute Gasteiger partial charge is 0.483 e. The summed E-state index contributed by atoms with van der Waals surface area (Å²) in [6.07, 6.45) is 5.25. The average molecular weight is 370 g/mol. The molecule has 1 fully saturated rings. The molecular formula is C20H22N2O3S. The Morgan fingerprint density at radius 1 is 1.23 bits per heavy atom. The Bertz CT molecular complexity index is 909. The molecule has 0 unspecified atom stereocenters. The summed E-state index contributed by atoms with van der Waals surface area (Å²) in [6, 6.07) is 11.1. The minimum Gasteiger partial charge on any atom is -0.483 e. The van der Waals surface area contributed by atoms with E-state index in [1.165, 1.54) is 31.8 Å². The molecule has 2 aliphatic heterocycles. The van der Waals surface area contributed by atoms with E-state index in [0.29, 0.717) is 0 Å². The SMILES string of the molecule is O=CO.c1cc(-c2cc3c(s2)C2(CCNCC2)OCC3)c2[nH]ccc2c1. The fourth-order valence-electron chi connectivity index (χ4n) is 4.05. The third-order valence-corrected chi connectivity index (χ3v) is 6.63. The van der Waals surface area contributed by atoms with E-state index in [2.05, 4.69) is 40.6 Å². The lowest BCUT2D eigenvalue weighted by Crippen LogP contribution is -2.43. The molecule has 1 aromatic carbocycles. The van der Waals surface area contributed by atoms with Gasteiger partial charge in [0.1, 0.15) is 5.60 Å². The summed E-state index contributed by atoms with van der Waals surface area (Å²) in [5, 5.41) is 11.6. The van der Waals surface area contributed by atoms with E-state index in [1.807, 2.05) is 17.5 Å². The number of nitrogens with one attached hydrogen (secondary N) is 2. The van der Waals surface area contributed by atoms with Gasteiger partial charge in [-0.2, -0.15) is 0 Å². The summed E-state index contributed by atoms with van der Waals surface area (Å²) in [5.74, 6) is 0. The maximum atomic E-state index is 8.36. The zero-order valence-electron chi connectivity index (χ0n) is 14.5. The van der Waals surface area contributed by atoms with Crippen molar-refractivity contribution >= 4 is 28.7 Å².